The summed E-state index contributed by atoms with van der Waals surface area (Å²) in [5, 5.41) is 0. The zero-order valence-corrected chi connectivity index (χ0v) is 10.3. The predicted molar refractivity (Wildman–Crippen MR) is 68.8 cm³/mol. The highest BCUT2D eigenvalue weighted by molar-refractivity contribution is 6.00. The number of aryl methyl sites for hydroxylation is 3. The van der Waals surface area contributed by atoms with Crippen molar-refractivity contribution in [3.8, 4) is 0 Å². The Morgan fingerprint density at radius 2 is 1.47 bits per heavy atom. The van der Waals surface area contributed by atoms with Crippen LogP contribution in [-0.4, -0.2) is 10.6 Å². The maximum Gasteiger partial charge on any atom is 0.270 e. The van der Waals surface area contributed by atoms with E-state index in [1.54, 1.807) is 4.68 Å². The third kappa shape index (κ3) is 2.38. The normalized spacial score (nSPS) is 10.3. The van der Waals surface area contributed by atoms with Crippen LogP contribution >= 0.6 is 0 Å². The molecule has 0 aliphatic rings. The first-order chi connectivity index (χ1) is 8.08. The van der Waals surface area contributed by atoms with Crippen LogP contribution in [0.1, 0.15) is 27.3 Å². The molecule has 0 unspecified atom stereocenters. The lowest BCUT2D eigenvalue weighted by Crippen LogP contribution is -2.24. The first kappa shape index (κ1) is 11.5. The van der Waals surface area contributed by atoms with Gasteiger partial charge >= 0.3 is 0 Å². The molecular weight excluding hydrogens is 212 g/mol. The van der Waals surface area contributed by atoms with E-state index in [4.69, 9.17) is 0 Å². The summed E-state index contributed by atoms with van der Waals surface area (Å²) in [4.78, 5) is 12.0. The van der Waals surface area contributed by atoms with Gasteiger partial charge in [0.1, 0.15) is 0 Å². The maximum atomic E-state index is 12.0. The molecule has 0 atom stereocenters. The van der Waals surface area contributed by atoms with Crippen molar-refractivity contribution in [2.75, 3.05) is 5.43 Å². The van der Waals surface area contributed by atoms with Crippen molar-refractivity contribution in [2.24, 2.45) is 0 Å². The van der Waals surface area contributed by atoms with Gasteiger partial charge in [-0.2, -0.15) is 0 Å². The van der Waals surface area contributed by atoms with Crippen molar-refractivity contribution in [3.63, 3.8) is 0 Å². The molecule has 0 radical (unpaired) electrons. The first-order valence-electron chi connectivity index (χ1n) is 5.61. The lowest BCUT2D eigenvalue weighted by Gasteiger charge is -2.11. The van der Waals surface area contributed by atoms with E-state index in [0.717, 1.165) is 17.0 Å². The van der Waals surface area contributed by atoms with Crippen LogP contribution in [0, 0.1) is 20.8 Å². The highest BCUT2D eigenvalue weighted by Crippen LogP contribution is 2.07. The van der Waals surface area contributed by atoms with Gasteiger partial charge in [-0.25, -0.2) is 0 Å². The van der Waals surface area contributed by atoms with Gasteiger partial charge in [0, 0.05) is 17.0 Å². The van der Waals surface area contributed by atoms with Crippen LogP contribution in [0.5, 0.6) is 0 Å². The third-order valence-corrected chi connectivity index (χ3v) is 2.80. The van der Waals surface area contributed by atoms with Gasteiger partial charge in [0.25, 0.3) is 5.91 Å². The number of aromatic nitrogens is 1. The van der Waals surface area contributed by atoms with Gasteiger partial charge in [0.2, 0.25) is 0 Å². The zero-order chi connectivity index (χ0) is 12.4. The van der Waals surface area contributed by atoms with Crippen molar-refractivity contribution >= 4 is 5.91 Å². The lowest BCUT2D eigenvalue weighted by molar-refractivity contribution is 0.101. The van der Waals surface area contributed by atoms with Crippen LogP contribution < -0.4 is 5.43 Å². The summed E-state index contributed by atoms with van der Waals surface area (Å²) in [5.74, 6) is -0.0904. The highest BCUT2D eigenvalue weighted by atomic mass is 16.2. The van der Waals surface area contributed by atoms with Gasteiger partial charge in [-0.3, -0.25) is 14.9 Å². The largest absolute Gasteiger partial charge is 0.270 e. The molecular formula is C14H16N2O. The molecule has 2 aromatic rings. The van der Waals surface area contributed by atoms with Gasteiger partial charge < -0.3 is 0 Å². The quantitative estimate of drug-likeness (QED) is 0.842. The Morgan fingerprint density at radius 1 is 0.941 bits per heavy atom. The molecule has 0 aliphatic heterocycles. The summed E-state index contributed by atoms with van der Waals surface area (Å²) in [6.07, 6.45) is 0. The number of carbonyl (C=O) groups excluding carboxylic acids is 1. The molecule has 1 aromatic heterocycles. The fourth-order valence-electron chi connectivity index (χ4n) is 1.72. The van der Waals surface area contributed by atoms with E-state index in [9.17, 15) is 4.79 Å². The minimum atomic E-state index is -0.0904. The molecule has 3 heteroatoms. The molecule has 3 nitrogen and oxygen atoms in total. The Balaban J connectivity index is 2.20. The Morgan fingerprint density at radius 3 is 2.00 bits per heavy atom. The number of hydrogen-bond acceptors (Lipinski definition) is 1. The van der Waals surface area contributed by atoms with Crippen LogP contribution in [0.3, 0.4) is 0 Å². The molecule has 88 valence electrons. The molecule has 0 saturated carbocycles. The molecule has 0 aliphatic carbocycles. The number of hydrogen-bond donors (Lipinski definition) is 1. The van der Waals surface area contributed by atoms with E-state index in [-0.39, 0.29) is 5.91 Å². The Labute approximate surface area is 101 Å². The van der Waals surface area contributed by atoms with Crippen LogP contribution in [-0.2, 0) is 0 Å². The molecule has 0 saturated heterocycles. The second-order valence-electron chi connectivity index (χ2n) is 4.26. The van der Waals surface area contributed by atoms with E-state index < -0.39 is 0 Å². The lowest BCUT2D eigenvalue weighted by atomic mass is 10.1. The SMILES string of the molecule is Cc1ccc(C(=O)Nn2c(C)ccc2C)cc1. The van der Waals surface area contributed by atoms with Crippen LogP contribution in [0.25, 0.3) is 0 Å². The Bertz CT molecular complexity index is 518. The summed E-state index contributed by atoms with van der Waals surface area (Å²) in [6.45, 7) is 5.92. The summed E-state index contributed by atoms with van der Waals surface area (Å²) < 4.78 is 1.79. The average Bonchev–Trinajstić information content (AvgIpc) is 2.61. The molecule has 1 amide bonds. The molecule has 2 rings (SSSR count). The number of benzene rings is 1. The van der Waals surface area contributed by atoms with Gasteiger partial charge in [0.05, 0.1) is 0 Å². The first-order valence-corrected chi connectivity index (χ1v) is 5.61. The minimum Gasteiger partial charge on any atom is -0.267 e. The third-order valence-electron chi connectivity index (χ3n) is 2.80. The standard InChI is InChI=1S/C14H16N2O/c1-10-4-8-13(9-5-10)14(17)15-16-11(2)6-7-12(16)3/h4-9H,1-3H3,(H,15,17). The molecule has 0 fully saturated rings. The topological polar surface area (TPSA) is 34.0 Å². The number of nitrogens with zero attached hydrogens (tertiary/aromatic N) is 1. The molecule has 1 heterocycles. The van der Waals surface area contributed by atoms with E-state index >= 15 is 0 Å². The van der Waals surface area contributed by atoms with Gasteiger partial charge in [-0.15, -0.1) is 0 Å². The van der Waals surface area contributed by atoms with Crippen molar-refractivity contribution in [1.29, 1.82) is 0 Å². The molecule has 1 N–H and O–H groups in total. The smallest absolute Gasteiger partial charge is 0.267 e. The van der Waals surface area contributed by atoms with Gasteiger partial charge in [-0.1, -0.05) is 17.7 Å². The van der Waals surface area contributed by atoms with Crippen molar-refractivity contribution < 1.29 is 4.79 Å². The van der Waals surface area contributed by atoms with Gasteiger partial charge in [-0.05, 0) is 45.0 Å². The second kappa shape index (κ2) is 4.45. The molecule has 0 spiro atoms. The summed E-state index contributed by atoms with van der Waals surface area (Å²) in [5.41, 5.74) is 6.72. The maximum absolute atomic E-state index is 12.0. The van der Waals surface area contributed by atoms with E-state index in [2.05, 4.69) is 5.43 Å². The monoisotopic (exact) mass is 228 g/mol. The van der Waals surface area contributed by atoms with E-state index in [1.807, 2.05) is 57.2 Å². The second-order valence-corrected chi connectivity index (χ2v) is 4.26. The van der Waals surface area contributed by atoms with E-state index in [0.29, 0.717) is 5.56 Å². The number of carbonyl (C=O) groups is 1. The van der Waals surface area contributed by atoms with Crippen LogP contribution in [0.4, 0.5) is 0 Å². The predicted octanol–water partition coefficient (Wildman–Crippen LogP) is 2.80. The fourth-order valence-corrected chi connectivity index (χ4v) is 1.72. The van der Waals surface area contributed by atoms with Crippen molar-refractivity contribution in [2.45, 2.75) is 20.8 Å². The fraction of sp³-hybridized carbons (Fsp3) is 0.214. The van der Waals surface area contributed by atoms with Crippen molar-refractivity contribution in [1.82, 2.24) is 4.68 Å². The van der Waals surface area contributed by atoms with Crippen LogP contribution in [0.15, 0.2) is 36.4 Å². The summed E-state index contributed by atoms with van der Waals surface area (Å²) in [6, 6.07) is 11.5. The number of amides is 1. The molecule has 17 heavy (non-hydrogen) atoms. The molecule has 0 bridgehead atoms. The molecule has 1 aromatic carbocycles. The number of rotatable bonds is 2. The summed E-state index contributed by atoms with van der Waals surface area (Å²) >= 11 is 0. The number of nitrogens with one attached hydrogen (secondary N) is 1. The van der Waals surface area contributed by atoms with Crippen LogP contribution in [0.2, 0.25) is 0 Å². The van der Waals surface area contributed by atoms with Crippen molar-refractivity contribution in [3.05, 3.63) is 58.9 Å². The summed E-state index contributed by atoms with van der Waals surface area (Å²) in [7, 11) is 0. The zero-order valence-electron chi connectivity index (χ0n) is 10.3. The minimum absolute atomic E-state index is 0.0904. The Hall–Kier alpha value is -2.03. The van der Waals surface area contributed by atoms with Gasteiger partial charge in [0.15, 0.2) is 0 Å². The highest BCUT2D eigenvalue weighted by Gasteiger charge is 2.07. The Kier molecular flexibility index (Phi) is 3.00. The van der Waals surface area contributed by atoms with E-state index in [1.165, 1.54) is 0 Å². The average molecular weight is 228 g/mol.